The number of pyridine rings is 2. The molecular weight excluding hydrogens is 475 g/mol. The zero-order chi connectivity index (χ0) is 24.1. The van der Waals surface area contributed by atoms with Crippen molar-refractivity contribution in [3.8, 4) is 17.8 Å². The molecule has 34 heavy (non-hydrogen) atoms. The largest absolute Gasteiger partial charge is 0.481 e. The molecule has 1 aliphatic heterocycles. The van der Waals surface area contributed by atoms with Crippen LogP contribution in [0.2, 0.25) is 10.0 Å². The van der Waals surface area contributed by atoms with Crippen LogP contribution in [0.3, 0.4) is 0 Å². The van der Waals surface area contributed by atoms with Gasteiger partial charge < -0.3 is 14.4 Å². The average molecular weight is 497 g/mol. The summed E-state index contributed by atoms with van der Waals surface area (Å²) < 4.78 is 10.9. The molecule has 0 saturated carbocycles. The first-order valence-electron chi connectivity index (χ1n) is 10.7. The Labute approximate surface area is 207 Å². The number of amides is 1. The predicted molar refractivity (Wildman–Crippen MR) is 128 cm³/mol. The molecule has 0 bridgehead atoms. The number of hydrogen-bond acceptors (Lipinski definition) is 6. The molecule has 3 aromatic rings. The van der Waals surface area contributed by atoms with Gasteiger partial charge in [-0.25, -0.2) is 9.97 Å². The summed E-state index contributed by atoms with van der Waals surface area (Å²) in [6.45, 7) is 1.54. The van der Waals surface area contributed by atoms with E-state index in [-0.39, 0.29) is 17.7 Å². The highest BCUT2D eigenvalue weighted by Crippen LogP contribution is 2.37. The van der Waals surface area contributed by atoms with Crippen LogP contribution in [-0.4, -0.2) is 47.6 Å². The predicted octanol–water partition coefficient (Wildman–Crippen LogP) is 4.99. The van der Waals surface area contributed by atoms with Crippen LogP contribution in [0.15, 0.2) is 54.9 Å². The van der Waals surface area contributed by atoms with Gasteiger partial charge in [-0.1, -0.05) is 29.3 Å². The third kappa shape index (κ3) is 5.41. The maximum atomic E-state index is 13.2. The van der Waals surface area contributed by atoms with Crippen molar-refractivity contribution in [2.24, 2.45) is 5.92 Å². The number of likely N-dealkylation sites (tertiary alicyclic amines) is 1. The standard InChI is InChI=1S/C25H22Cl2N4O3/c1-33-23-7-4-18(13-30-23)25(32)31-14-19(8-9-34-24-6-2-16(11-28)12-29-24)20(15-31)17-3-5-21(26)22(27)10-17/h2-7,10,12-13,19-20H,8-9,14-15H2,1H3. The molecule has 2 atom stereocenters. The molecule has 2 aromatic heterocycles. The minimum atomic E-state index is -0.0857. The van der Waals surface area contributed by atoms with Crippen molar-refractivity contribution in [3.63, 3.8) is 0 Å². The summed E-state index contributed by atoms with van der Waals surface area (Å²) in [7, 11) is 1.53. The normalized spacial score (nSPS) is 17.3. The summed E-state index contributed by atoms with van der Waals surface area (Å²) in [5.41, 5.74) is 2.01. The molecule has 3 heterocycles. The highest BCUT2D eigenvalue weighted by atomic mass is 35.5. The fourth-order valence-electron chi connectivity index (χ4n) is 4.11. The summed E-state index contributed by atoms with van der Waals surface area (Å²) in [6.07, 6.45) is 3.71. The molecule has 1 amide bonds. The Morgan fingerprint density at radius 2 is 1.88 bits per heavy atom. The van der Waals surface area contributed by atoms with Crippen LogP contribution < -0.4 is 9.47 Å². The highest BCUT2D eigenvalue weighted by molar-refractivity contribution is 6.42. The van der Waals surface area contributed by atoms with Gasteiger partial charge >= 0.3 is 0 Å². The lowest BCUT2D eigenvalue weighted by Crippen LogP contribution is -2.29. The van der Waals surface area contributed by atoms with E-state index < -0.39 is 0 Å². The second-order valence-electron chi connectivity index (χ2n) is 7.97. The second kappa shape index (κ2) is 10.7. The monoisotopic (exact) mass is 496 g/mol. The molecule has 4 rings (SSSR count). The Kier molecular flexibility index (Phi) is 7.51. The van der Waals surface area contributed by atoms with E-state index in [4.69, 9.17) is 37.9 Å². The lowest BCUT2D eigenvalue weighted by Gasteiger charge is -2.19. The molecule has 9 heteroatoms. The topological polar surface area (TPSA) is 88.3 Å². The van der Waals surface area contributed by atoms with E-state index >= 15 is 0 Å². The molecule has 0 aliphatic carbocycles. The number of rotatable bonds is 7. The first-order chi connectivity index (χ1) is 16.5. The Bertz CT molecular complexity index is 1200. The van der Waals surface area contributed by atoms with Crippen LogP contribution in [0.4, 0.5) is 0 Å². The molecular formula is C25H22Cl2N4O3. The van der Waals surface area contributed by atoms with E-state index in [0.29, 0.717) is 59.0 Å². The molecule has 1 aromatic carbocycles. The molecule has 1 aliphatic rings. The Balaban J connectivity index is 1.49. The number of carbonyl (C=O) groups excluding carboxylic acids is 1. The molecule has 0 radical (unpaired) electrons. The van der Waals surface area contributed by atoms with Gasteiger partial charge in [0.1, 0.15) is 6.07 Å². The zero-order valence-corrected chi connectivity index (χ0v) is 20.0. The fourth-order valence-corrected chi connectivity index (χ4v) is 4.41. The minimum Gasteiger partial charge on any atom is -0.481 e. The SMILES string of the molecule is COc1ccc(C(=O)N2CC(CCOc3ccc(C#N)cn3)C(c3ccc(Cl)c(Cl)c3)C2)cn1. The average Bonchev–Trinajstić information content (AvgIpc) is 3.30. The number of carbonyl (C=O) groups is 1. The second-order valence-corrected chi connectivity index (χ2v) is 8.79. The van der Waals surface area contributed by atoms with E-state index in [1.165, 1.54) is 19.5 Å². The number of nitrogens with zero attached hydrogens (tertiary/aromatic N) is 4. The Hall–Kier alpha value is -3.34. The van der Waals surface area contributed by atoms with Crippen molar-refractivity contribution < 1.29 is 14.3 Å². The van der Waals surface area contributed by atoms with E-state index in [1.807, 2.05) is 23.1 Å². The van der Waals surface area contributed by atoms with Gasteiger partial charge in [-0.05, 0) is 42.2 Å². The molecule has 0 spiro atoms. The summed E-state index contributed by atoms with van der Waals surface area (Å²) in [6, 6.07) is 14.4. The summed E-state index contributed by atoms with van der Waals surface area (Å²) in [5.74, 6) is 1.05. The third-order valence-corrected chi connectivity index (χ3v) is 6.64. The summed E-state index contributed by atoms with van der Waals surface area (Å²) in [5, 5.41) is 9.89. The van der Waals surface area contributed by atoms with Crippen LogP contribution in [0, 0.1) is 17.2 Å². The van der Waals surface area contributed by atoms with Crippen molar-refractivity contribution in [1.82, 2.24) is 14.9 Å². The van der Waals surface area contributed by atoms with Gasteiger partial charge in [-0.3, -0.25) is 4.79 Å². The van der Waals surface area contributed by atoms with Gasteiger partial charge in [0.2, 0.25) is 11.8 Å². The van der Waals surface area contributed by atoms with Crippen molar-refractivity contribution in [1.29, 1.82) is 5.26 Å². The number of hydrogen-bond donors (Lipinski definition) is 0. The fraction of sp³-hybridized carbons (Fsp3) is 0.280. The number of benzene rings is 1. The van der Waals surface area contributed by atoms with E-state index in [9.17, 15) is 4.79 Å². The number of halogens is 2. The zero-order valence-electron chi connectivity index (χ0n) is 18.4. The molecule has 174 valence electrons. The molecule has 1 saturated heterocycles. The summed E-state index contributed by atoms with van der Waals surface area (Å²) >= 11 is 12.4. The molecule has 2 unspecified atom stereocenters. The highest BCUT2D eigenvalue weighted by Gasteiger charge is 2.36. The molecule has 0 N–H and O–H groups in total. The van der Waals surface area contributed by atoms with Gasteiger partial charge in [0.15, 0.2) is 0 Å². The number of nitriles is 1. The smallest absolute Gasteiger partial charge is 0.255 e. The van der Waals surface area contributed by atoms with Crippen LogP contribution in [-0.2, 0) is 0 Å². The maximum absolute atomic E-state index is 13.2. The minimum absolute atomic E-state index is 0.0717. The van der Waals surface area contributed by atoms with E-state index in [1.54, 1.807) is 30.3 Å². The Morgan fingerprint density at radius 3 is 2.53 bits per heavy atom. The number of aromatic nitrogens is 2. The lowest BCUT2D eigenvalue weighted by atomic mass is 9.87. The third-order valence-electron chi connectivity index (χ3n) is 5.90. The van der Waals surface area contributed by atoms with Gasteiger partial charge in [-0.15, -0.1) is 0 Å². The van der Waals surface area contributed by atoms with Gasteiger partial charge in [0, 0.05) is 43.5 Å². The first kappa shape index (κ1) is 23.8. The quantitative estimate of drug-likeness (QED) is 0.457. The van der Waals surface area contributed by atoms with E-state index in [2.05, 4.69) is 9.97 Å². The summed E-state index contributed by atoms with van der Waals surface area (Å²) in [4.78, 5) is 23.3. The van der Waals surface area contributed by atoms with Gasteiger partial charge in [-0.2, -0.15) is 5.26 Å². The van der Waals surface area contributed by atoms with Crippen molar-refractivity contribution in [3.05, 3.63) is 81.6 Å². The number of ether oxygens (including phenoxy) is 2. The van der Waals surface area contributed by atoms with Crippen LogP contribution in [0.1, 0.15) is 33.8 Å². The van der Waals surface area contributed by atoms with Crippen LogP contribution in [0.25, 0.3) is 0 Å². The van der Waals surface area contributed by atoms with Crippen molar-refractivity contribution in [2.45, 2.75) is 12.3 Å². The Morgan fingerprint density at radius 1 is 1.09 bits per heavy atom. The van der Waals surface area contributed by atoms with Gasteiger partial charge in [0.25, 0.3) is 5.91 Å². The molecule has 7 nitrogen and oxygen atoms in total. The van der Waals surface area contributed by atoms with Crippen LogP contribution >= 0.6 is 23.2 Å². The van der Waals surface area contributed by atoms with Crippen molar-refractivity contribution >= 4 is 29.1 Å². The lowest BCUT2D eigenvalue weighted by molar-refractivity contribution is 0.0783. The number of methoxy groups -OCH3 is 1. The van der Waals surface area contributed by atoms with Crippen molar-refractivity contribution in [2.75, 3.05) is 26.8 Å². The molecule has 1 fully saturated rings. The van der Waals surface area contributed by atoms with Crippen LogP contribution in [0.5, 0.6) is 11.8 Å². The maximum Gasteiger partial charge on any atom is 0.255 e. The first-order valence-corrected chi connectivity index (χ1v) is 11.5. The van der Waals surface area contributed by atoms with E-state index in [0.717, 1.165) is 5.56 Å². The van der Waals surface area contributed by atoms with Gasteiger partial charge in [0.05, 0.1) is 34.9 Å².